The Bertz CT molecular complexity index is 438. The van der Waals surface area contributed by atoms with E-state index in [4.69, 9.17) is 9.47 Å². The highest BCUT2D eigenvalue weighted by molar-refractivity contribution is 5.47. The maximum absolute atomic E-state index is 5.50. The van der Waals surface area contributed by atoms with Crippen molar-refractivity contribution in [3.05, 3.63) is 23.8 Å². The minimum Gasteiger partial charge on any atom is -0.496 e. The molecule has 0 aliphatic heterocycles. The Labute approximate surface area is 122 Å². The second kappa shape index (κ2) is 9.28. The Morgan fingerprint density at radius 1 is 1.20 bits per heavy atom. The van der Waals surface area contributed by atoms with Gasteiger partial charge in [-0.05, 0) is 38.4 Å². The van der Waals surface area contributed by atoms with Gasteiger partial charge in [0.05, 0.1) is 19.8 Å². The molecule has 0 heterocycles. The smallest absolute Gasteiger partial charge is 0.127 e. The fourth-order valence-corrected chi connectivity index (χ4v) is 2.23. The van der Waals surface area contributed by atoms with Crippen LogP contribution in [0.4, 0.5) is 0 Å². The van der Waals surface area contributed by atoms with Crippen LogP contribution in [0.3, 0.4) is 0 Å². The van der Waals surface area contributed by atoms with E-state index in [1.165, 1.54) is 0 Å². The topological polar surface area (TPSA) is 30.5 Å². The summed E-state index contributed by atoms with van der Waals surface area (Å²) in [5.74, 6) is 7.80. The van der Waals surface area contributed by atoms with Gasteiger partial charge >= 0.3 is 0 Å². The van der Waals surface area contributed by atoms with Gasteiger partial charge in [0.1, 0.15) is 11.5 Å². The second-order valence-corrected chi connectivity index (χ2v) is 4.55. The van der Waals surface area contributed by atoms with Crippen molar-refractivity contribution >= 4 is 0 Å². The van der Waals surface area contributed by atoms with Crippen molar-refractivity contribution < 1.29 is 9.47 Å². The van der Waals surface area contributed by atoms with Crippen molar-refractivity contribution in [2.24, 2.45) is 0 Å². The molecule has 1 atom stereocenters. The fourth-order valence-electron chi connectivity index (χ4n) is 2.23. The van der Waals surface area contributed by atoms with Gasteiger partial charge in [0.15, 0.2) is 0 Å². The van der Waals surface area contributed by atoms with Crippen LogP contribution in [0.5, 0.6) is 11.5 Å². The highest BCUT2D eigenvalue weighted by Gasteiger charge is 2.19. The first-order valence-electron chi connectivity index (χ1n) is 7.12. The van der Waals surface area contributed by atoms with Crippen LogP contribution in [0.1, 0.15) is 44.7 Å². The molecule has 0 saturated heterocycles. The predicted molar refractivity (Wildman–Crippen MR) is 83.3 cm³/mol. The van der Waals surface area contributed by atoms with Crippen LogP contribution < -0.4 is 14.8 Å². The van der Waals surface area contributed by atoms with E-state index < -0.39 is 0 Å². The molecule has 110 valence electrons. The minimum absolute atomic E-state index is 0.196. The Morgan fingerprint density at radius 3 is 2.35 bits per heavy atom. The van der Waals surface area contributed by atoms with Crippen LogP contribution in [0.2, 0.25) is 0 Å². The monoisotopic (exact) mass is 275 g/mol. The van der Waals surface area contributed by atoms with Crippen molar-refractivity contribution in [2.45, 2.75) is 39.2 Å². The lowest BCUT2D eigenvalue weighted by Gasteiger charge is -2.22. The molecular weight excluding hydrogens is 250 g/mol. The molecule has 1 rings (SSSR count). The summed E-state index contributed by atoms with van der Waals surface area (Å²) in [6, 6.07) is 6.10. The fraction of sp³-hybridized carbons (Fsp3) is 0.529. The summed E-state index contributed by atoms with van der Waals surface area (Å²) in [6.45, 7) is 5.00. The van der Waals surface area contributed by atoms with Crippen molar-refractivity contribution in [3.8, 4) is 23.3 Å². The predicted octanol–water partition coefficient (Wildman–Crippen LogP) is 3.55. The molecule has 0 spiro atoms. The molecule has 0 amide bonds. The maximum atomic E-state index is 5.50. The highest BCUT2D eigenvalue weighted by Crippen LogP contribution is 2.36. The number of hydrogen-bond acceptors (Lipinski definition) is 3. The van der Waals surface area contributed by atoms with Gasteiger partial charge in [0, 0.05) is 12.5 Å². The summed E-state index contributed by atoms with van der Waals surface area (Å²) in [5.41, 5.74) is 1.09. The number of hydrogen-bond donors (Lipinski definition) is 1. The van der Waals surface area contributed by atoms with Crippen LogP contribution in [0.25, 0.3) is 0 Å². The molecule has 1 unspecified atom stereocenters. The third kappa shape index (κ3) is 4.47. The molecule has 0 bridgehead atoms. The van der Waals surface area contributed by atoms with E-state index in [0.717, 1.165) is 42.9 Å². The zero-order valence-electron chi connectivity index (χ0n) is 13.0. The summed E-state index contributed by atoms with van der Waals surface area (Å²) in [4.78, 5) is 0. The molecule has 0 aromatic heterocycles. The summed E-state index contributed by atoms with van der Waals surface area (Å²) < 4.78 is 11.0. The van der Waals surface area contributed by atoms with Gasteiger partial charge in [0.25, 0.3) is 0 Å². The van der Waals surface area contributed by atoms with Gasteiger partial charge < -0.3 is 14.8 Å². The molecule has 0 aliphatic rings. The first-order valence-corrected chi connectivity index (χ1v) is 7.12. The third-order valence-corrected chi connectivity index (χ3v) is 3.19. The van der Waals surface area contributed by atoms with Crippen LogP contribution in [-0.2, 0) is 0 Å². The lowest BCUT2D eigenvalue weighted by Crippen LogP contribution is -2.23. The second-order valence-electron chi connectivity index (χ2n) is 4.55. The van der Waals surface area contributed by atoms with Crippen LogP contribution >= 0.6 is 0 Å². The van der Waals surface area contributed by atoms with Crippen LogP contribution in [-0.4, -0.2) is 20.8 Å². The van der Waals surface area contributed by atoms with Crippen LogP contribution in [0.15, 0.2) is 18.2 Å². The number of benzene rings is 1. The van der Waals surface area contributed by atoms with E-state index >= 15 is 0 Å². The van der Waals surface area contributed by atoms with Crippen molar-refractivity contribution in [1.29, 1.82) is 0 Å². The van der Waals surface area contributed by atoms with E-state index in [9.17, 15) is 0 Å². The van der Waals surface area contributed by atoms with Gasteiger partial charge in [-0.25, -0.2) is 0 Å². The summed E-state index contributed by atoms with van der Waals surface area (Å²) in [6.07, 6.45) is 2.89. The largest absolute Gasteiger partial charge is 0.496 e. The minimum atomic E-state index is 0.196. The highest BCUT2D eigenvalue weighted by atomic mass is 16.5. The van der Waals surface area contributed by atoms with Crippen molar-refractivity contribution in [3.63, 3.8) is 0 Å². The van der Waals surface area contributed by atoms with Gasteiger partial charge in [-0.3, -0.25) is 0 Å². The third-order valence-electron chi connectivity index (χ3n) is 3.19. The average molecular weight is 275 g/mol. The average Bonchev–Trinajstić information content (AvgIpc) is 2.50. The summed E-state index contributed by atoms with van der Waals surface area (Å²) in [5, 5.41) is 3.57. The number of ether oxygens (including phenoxy) is 2. The molecule has 3 nitrogen and oxygen atoms in total. The molecule has 3 heteroatoms. The SMILES string of the molecule is CC#CCCC(NCCC)c1c(OC)cccc1OC. The van der Waals surface area contributed by atoms with E-state index in [-0.39, 0.29) is 6.04 Å². The summed E-state index contributed by atoms with van der Waals surface area (Å²) in [7, 11) is 3.39. The first-order chi connectivity index (χ1) is 9.78. The maximum Gasteiger partial charge on any atom is 0.127 e. The molecule has 0 aliphatic carbocycles. The van der Waals surface area contributed by atoms with E-state index in [0.29, 0.717) is 0 Å². The van der Waals surface area contributed by atoms with E-state index in [1.807, 2.05) is 25.1 Å². The van der Waals surface area contributed by atoms with Crippen molar-refractivity contribution in [1.82, 2.24) is 5.32 Å². The molecule has 0 fully saturated rings. The zero-order valence-corrected chi connectivity index (χ0v) is 13.0. The van der Waals surface area contributed by atoms with E-state index in [1.54, 1.807) is 14.2 Å². The van der Waals surface area contributed by atoms with Gasteiger partial charge in [-0.15, -0.1) is 11.8 Å². The van der Waals surface area contributed by atoms with Gasteiger partial charge in [0.2, 0.25) is 0 Å². The Morgan fingerprint density at radius 2 is 1.85 bits per heavy atom. The molecule has 1 aromatic rings. The molecular formula is C17H25NO2. The lowest BCUT2D eigenvalue weighted by atomic mass is 9.99. The van der Waals surface area contributed by atoms with E-state index in [2.05, 4.69) is 24.1 Å². The molecule has 0 radical (unpaired) electrons. The molecule has 0 saturated carbocycles. The Balaban J connectivity index is 3.05. The standard InChI is InChI=1S/C17H25NO2/c1-5-7-8-10-14(18-13-6-2)17-15(19-3)11-9-12-16(17)20-4/h9,11-12,14,18H,6,8,10,13H2,1-4H3. The number of nitrogens with one attached hydrogen (secondary N) is 1. The molecule has 1 N–H and O–H groups in total. The number of rotatable bonds is 8. The van der Waals surface area contributed by atoms with Gasteiger partial charge in [-0.1, -0.05) is 13.0 Å². The Hall–Kier alpha value is -1.66. The van der Waals surface area contributed by atoms with Crippen LogP contribution in [0, 0.1) is 11.8 Å². The lowest BCUT2D eigenvalue weighted by molar-refractivity contribution is 0.366. The molecule has 20 heavy (non-hydrogen) atoms. The molecule has 1 aromatic carbocycles. The van der Waals surface area contributed by atoms with Crippen molar-refractivity contribution in [2.75, 3.05) is 20.8 Å². The zero-order chi connectivity index (χ0) is 14.8. The first kappa shape index (κ1) is 16.4. The number of methoxy groups -OCH3 is 2. The van der Waals surface area contributed by atoms with Gasteiger partial charge in [-0.2, -0.15) is 0 Å². The Kier molecular flexibility index (Phi) is 7.60. The normalized spacial score (nSPS) is 11.4. The summed E-state index contributed by atoms with van der Waals surface area (Å²) >= 11 is 0. The quantitative estimate of drug-likeness (QED) is 0.736.